The number of piperazine rings is 1. The van der Waals surface area contributed by atoms with Gasteiger partial charge in [0, 0.05) is 44.0 Å². The van der Waals surface area contributed by atoms with Crippen LogP contribution in [0, 0.1) is 6.92 Å². The van der Waals surface area contributed by atoms with E-state index in [9.17, 15) is 4.79 Å². The molecule has 0 radical (unpaired) electrons. The van der Waals surface area contributed by atoms with Crippen LogP contribution in [0.1, 0.15) is 35.8 Å². The molecule has 0 bridgehead atoms. The van der Waals surface area contributed by atoms with Gasteiger partial charge in [-0.1, -0.05) is 36.4 Å². The largest absolute Gasteiger partial charge is 0.376 e. The van der Waals surface area contributed by atoms with Crippen LogP contribution in [0.2, 0.25) is 0 Å². The van der Waals surface area contributed by atoms with Crippen molar-refractivity contribution in [2.24, 2.45) is 0 Å². The number of tetrazole rings is 1. The molecule has 1 N–H and O–H groups in total. The second-order valence-corrected chi connectivity index (χ2v) is 9.71. The molecule has 0 aliphatic carbocycles. The normalized spacial score (nSPS) is 19.7. The lowest BCUT2D eigenvalue weighted by Crippen LogP contribution is -2.49. The lowest BCUT2D eigenvalue weighted by atomic mass is 10.0. The van der Waals surface area contributed by atoms with Crippen LogP contribution in [0.4, 0.5) is 5.69 Å². The fourth-order valence-electron chi connectivity index (χ4n) is 5.50. The van der Waals surface area contributed by atoms with E-state index < -0.39 is 0 Å². The van der Waals surface area contributed by atoms with Gasteiger partial charge in [0.05, 0.1) is 18.2 Å². The van der Waals surface area contributed by atoms with E-state index in [1.807, 2.05) is 41.9 Å². The molecular formula is C27H31N7O2. The number of H-pyrrole nitrogens is 1. The van der Waals surface area contributed by atoms with Crippen molar-refractivity contribution in [3.8, 4) is 0 Å². The van der Waals surface area contributed by atoms with E-state index in [0.29, 0.717) is 17.9 Å². The third-order valence-electron chi connectivity index (χ3n) is 7.42. The Labute approximate surface area is 209 Å². The number of hydrogen-bond acceptors (Lipinski definition) is 7. The monoisotopic (exact) mass is 485 g/mol. The Balaban J connectivity index is 1.37. The molecule has 2 aromatic carbocycles. The minimum absolute atomic E-state index is 0.0976. The van der Waals surface area contributed by atoms with Crippen LogP contribution >= 0.6 is 0 Å². The van der Waals surface area contributed by atoms with Crippen LogP contribution in [0.3, 0.4) is 0 Å². The van der Waals surface area contributed by atoms with Gasteiger partial charge in [-0.05, 0) is 59.3 Å². The van der Waals surface area contributed by atoms with Gasteiger partial charge in [-0.3, -0.25) is 9.69 Å². The summed E-state index contributed by atoms with van der Waals surface area (Å²) in [5.41, 5.74) is 3.71. The number of nitrogens with one attached hydrogen (secondary N) is 1. The number of ether oxygens (including phenoxy) is 1. The molecule has 0 amide bonds. The summed E-state index contributed by atoms with van der Waals surface area (Å²) in [6.45, 7) is 6.68. The minimum atomic E-state index is -0.354. The average Bonchev–Trinajstić information content (AvgIpc) is 3.59. The molecule has 0 spiro atoms. The van der Waals surface area contributed by atoms with E-state index in [-0.39, 0.29) is 17.7 Å². The van der Waals surface area contributed by atoms with E-state index in [1.165, 1.54) is 5.69 Å². The molecule has 36 heavy (non-hydrogen) atoms. The standard InChI is InChI=1S/C27H31N7O2/c1-19-7-5-8-20-17-23(27(35)28-24(19)20)25(26-29-30-31-34(26)18-22-11-6-16-36-22)33-14-12-32(13-15-33)21-9-3-2-4-10-21/h2-5,7-10,17,22,25H,6,11-16,18H2,1H3,(H,28,35)/t22-,25-/m0/s1. The second kappa shape index (κ2) is 9.83. The van der Waals surface area contributed by atoms with E-state index in [1.54, 1.807) is 0 Å². The van der Waals surface area contributed by atoms with Crippen molar-refractivity contribution in [1.82, 2.24) is 30.1 Å². The van der Waals surface area contributed by atoms with Crippen LogP contribution in [0.5, 0.6) is 0 Å². The van der Waals surface area contributed by atoms with Crippen molar-refractivity contribution in [2.75, 3.05) is 37.7 Å². The van der Waals surface area contributed by atoms with Gasteiger partial charge in [0.1, 0.15) is 6.04 Å². The van der Waals surface area contributed by atoms with E-state index in [0.717, 1.165) is 62.1 Å². The summed E-state index contributed by atoms with van der Waals surface area (Å²) >= 11 is 0. The molecular weight excluding hydrogens is 454 g/mol. The number of aromatic amines is 1. The lowest BCUT2D eigenvalue weighted by molar-refractivity contribution is 0.0906. The Kier molecular flexibility index (Phi) is 6.25. The number of aromatic nitrogens is 5. The van der Waals surface area contributed by atoms with Gasteiger partial charge in [-0.2, -0.15) is 0 Å². The Morgan fingerprint density at radius 3 is 2.69 bits per heavy atom. The van der Waals surface area contributed by atoms with Crippen molar-refractivity contribution < 1.29 is 4.74 Å². The zero-order valence-corrected chi connectivity index (χ0v) is 20.5. The molecule has 6 rings (SSSR count). The van der Waals surface area contributed by atoms with Gasteiger partial charge < -0.3 is 14.6 Å². The van der Waals surface area contributed by atoms with E-state index in [4.69, 9.17) is 4.74 Å². The maximum absolute atomic E-state index is 13.5. The molecule has 4 aromatic rings. The molecule has 0 saturated carbocycles. The smallest absolute Gasteiger partial charge is 0.253 e. The summed E-state index contributed by atoms with van der Waals surface area (Å²) in [7, 11) is 0. The molecule has 2 aliphatic rings. The fraction of sp³-hybridized carbons (Fsp3) is 0.407. The van der Waals surface area contributed by atoms with E-state index >= 15 is 0 Å². The number of anilines is 1. The Morgan fingerprint density at radius 1 is 1.08 bits per heavy atom. The van der Waals surface area contributed by atoms with Gasteiger partial charge in [0.15, 0.2) is 5.82 Å². The predicted octanol–water partition coefficient (Wildman–Crippen LogP) is 2.91. The molecule has 186 valence electrons. The fourth-order valence-corrected chi connectivity index (χ4v) is 5.50. The van der Waals surface area contributed by atoms with Crippen LogP contribution < -0.4 is 10.5 Å². The number of rotatable bonds is 6. The van der Waals surface area contributed by atoms with E-state index in [2.05, 4.69) is 54.6 Å². The highest BCUT2D eigenvalue weighted by atomic mass is 16.5. The highest BCUT2D eigenvalue weighted by Gasteiger charge is 2.33. The maximum atomic E-state index is 13.5. The predicted molar refractivity (Wildman–Crippen MR) is 138 cm³/mol. The van der Waals surface area contributed by atoms with Crippen LogP contribution in [0.25, 0.3) is 10.9 Å². The maximum Gasteiger partial charge on any atom is 0.253 e. The first-order chi connectivity index (χ1) is 17.7. The lowest BCUT2D eigenvalue weighted by Gasteiger charge is -2.39. The van der Waals surface area contributed by atoms with Gasteiger partial charge in [0.25, 0.3) is 5.56 Å². The summed E-state index contributed by atoms with van der Waals surface area (Å²) in [4.78, 5) is 21.4. The van der Waals surface area contributed by atoms with Crippen molar-refractivity contribution in [3.63, 3.8) is 0 Å². The molecule has 2 saturated heterocycles. The summed E-state index contributed by atoms with van der Waals surface area (Å²) < 4.78 is 7.70. The molecule has 9 nitrogen and oxygen atoms in total. The zero-order chi connectivity index (χ0) is 24.5. The second-order valence-electron chi connectivity index (χ2n) is 9.71. The average molecular weight is 486 g/mol. The summed E-state index contributed by atoms with van der Waals surface area (Å²) in [6, 6.07) is 18.2. The number of aryl methyl sites for hydroxylation is 1. The zero-order valence-electron chi connectivity index (χ0n) is 20.5. The van der Waals surface area contributed by atoms with Crippen LogP contribution in [-0.2, 0) is 11.3 Å². The third kappa shape index (κ3) is 4.40. The van der Waals surface area contributed by atoms with Crippen molar-refractivity contribution in [3.05, 3.63) is 81.9 Å². The SMILES string of the molecule is Cc1cccc2cc([C@@H](c3nnnn3C[C@@H]3CCCO3)N3CCN(c4ccccc4)CC3)c(=O)[nH]c12. The molecule has 0 unspecified atom stereocenters. The van der Waals surface area contributed by atoms with Gasteiger partial charge in [-0.25, -0.2) is 4.68 Å². The first kappa shape index (κ1) is 22.9. The Morgan fingerprint density at radius 2 is 1.92 bits per heavy atom. The first-order valence-corrected chi connectivity index (χ1v) is 12.7. The minimum Gasteiger partial charge on any atom is -0.376 e. The van der Waals surface area contributed by atoms with Crippen molar-refractivity contribution in [2.45, 2.75) is 38.5 Å². The topological polar surface area (TPSA) is 92.2 Å². The summed E-state index contributed by atoms with van der Waals surface area (Å²) in [5, 5.41) is 13.8. The molecule has 9 heteroatoms. The Hall–Kier alpha value is -3.56. The number of hydrogen-bond donors (Lipinski definition) is 1. The third-order valence-corrected chi connectivity index (χ3v) is 7.42. The number of benzene rings is 2. The number of pyridine rings is 1. The number of fused-ring (bicyclic) bond motifs is 1. The van der Waals surface area contributed by atoms with Gasteiger partial charge in [0.2, 0.25) is 0 Å². The summed E-state index contributed by atoms with van der Waals surface area (Å²) in [5.74, 6) is 0.691. The molecule has 2 fully saturated rings. The summed E-state index contributed by atoms with van der Waals surface area (Å²) in [6.07, 6.45) is 2.15. The van der Waals surface area contributed by atoms with Crippen LogP contribution in [0.15, 0.2) is 59.4 Å². The highest BCUT2D eigenvalue weighted by Crippen LogP contribution is 2.30. The molecule has 2 aromatic heterocycles. The van der Waals surface area contributed by atoms with Crippen molar-refractivity contribution >= 4 is 16.6 Å². The highest BCUT2D eigenvalue weighted by molar-refractivity contribution is 5.82. The molecule has 4 heterocycles. The van der Waals surface area contributed by atoms with Gasteiger partial charge >= 0.3 is 0 Å². The number of nitrogens with zero attached hydrogens (tertiary/aromatic N) is 6. The molecule has 2 atom stereocenters. The quantitative estimate of drug-likeness (QED) is 0.449. The van der Waals surface area contributed by atoms with Gasteiger partial charge in [-0.15, -0.1) is 5.10 Å². The Bertz CT molecular complexity index is 1390. The molecule has 2 aliphatic heterocycles. The van der Waals surface area contributed by atoms with Crippen LogP contribution in [-0.4, -0.2) is 69.0 Å². The number of para-hydroxylation sites is 2. The van der Waals surface area contributed by atoms with Crippen molar-refractivity contribution in [1.29, 1.82) is 0 Å². The first-order valence-electron chi connectivity index (χ1n) is 12.7.